The molecule has 5 heteroatoms. The zero-order valence-corrected chi connectivity index (χ0v) is 12.0. The second kappa shape index (κ2) is 7.82. The first kappa shape index (κ1) is 14.6. The van der Waals surface area contributed by atoms with Crippen molar-refractivity contribution in [3.05, 3.63) is 0 Å². The van der Waals surface area contributed by atoms with Crippen LogP contribution < -0.4 is 16.6 Å². The fourth-order valence-electron chi connectivity index (χ4n) is 2.13. The second-order valence-corrected chi connectivity index (χ2v) is 6.11. The van der Waals surface area contributed by atoms with Gasteiger partial charge in [0.25, 0.3) is 0 Å². The quantitative estimate of drug-likeness (QED) is 0.311. The molecule has 1 aliphatic carbocycles. The molecule has 1 rings (SSSR count). The van der Waals surface area contributed by atoms with Crippen molar-refractivity contribution in [1.29, 1.82) is 0 Å². The first-order valence-corrected chi connectivity index (χ1v) is 7.76. The molecule has 0 spiro atoms. The van der Waals surface area contributed by atoms with E-state index in [-0.39, 0.29) is 0 Å². The molecule has 1 saturated carbocycles. The van der Waals surface area contributed by atoms with Gasteiger partial charge >= 0.3 is 0 Å². The lowest BCUT2D eigenvalue weighted by atomic mass is 9.95. The molecule has 0 aliphatic heterocycles. The third kappa shape index (κ3) is 5.17. The summed E-state index contributed by atoms with van der Waals surface area (Å²) in [6, 6.07) is 0.501. The maximum absolute atomic E-state index is 5.51. The highest BCUT2D eigenvalue weighted by atomic mass is 32.2. The molecule has 4 N–H and O–H groups in total. The standard InChI is InChI=1S/C12H26N4S/c1-9(2)8-14-12(16-13)15-10-6-4-5-7-11(10)17-3/h9-11H,4-8,13H2,1-3H3,(H2,14,15,16). The molecule has 2 unspecified atom stereocenters. The summed E-state index contributed by atoms with van der Waals surface area (Å²) in [7, 11) is 0. The van der Waals surface area contributed by atoms with Crippen LogP contribution in [-0.4, -0.2) is 30.1 Å². The summed E-state index contributed by atoms with van der Waals surface area (Å²) in [5.74, 6) is 6.81. The SMILES string of the molecule is CSC1CCCCC1NC(=NCC(C)C)NN. The van der Waals surface area contributed by atoms with Crippen molar-refractivity contribution >= 4 is 17.7 Å². The molecular weight excluding hydrogens is 232 g/mol. The third-order valence-corrected chi connectivity index (χ3v) is 4.25. The van der Waals surface area contributed by atoms with Gasteiger partial charge in [-0.3, -0.25) is 10.4 Å². The largest absolute Gasteiger partial charge is 0.351 e. The number of hydrazine groups is 1. The Balaban J connectivity index is 2.50. The Kier molecular flexibility index (Phi) is 6.73. The molecule has 0 bridgehead atoms. The van der Waals surface area contributed by atoms with Gasteiger partial charge in [-0.05, 0) is 25.0 Å². The summed E-state index contributed by atoms with van der Waals surface area (Å²) in [5.41, 5.74) is 2.68. The maximum atomic E-state index is 5.51. The predicted octanol–water partition coefficient (Wildman–Crippen LogP) is 1.73. The van der Waals surface area contributed by atoms with Gasteiger partial charge in [0.05, 0.1) is 0 Å². The topological polar surface area (TPSA) is 62.4 Å². The summed E-state index contributed by atoms with van der Waals surface area (Å²) < 4.78 is 0. The molecule has 0 aromatic rings. The van der Waals surface area contributed by atoms with Gasteiger partial charge in [0.2, 0.25) is 5.96 Å². The Morgan fingerprint density at radius 1 is 1.41 bits per heavy atom. The number of thioether (sulfide) groups is 1. The predicted molar refractivity (Wildman–Crippen MR) is 77.2 cm³/mol. The minimum absolute atomic E-state index is 0.501. The minimum Gasteiger partial charge on any atom is -0.351 e. The van der Waals surface area contributed by atoms with Crippen molar-refractivity contribution in [2.45, 2.75) is 50.8 Å². The van der Waals surface area contributed by atoms with Crippen molar-refractivity contribution in [3.63, 3.8) is 0 Å². The van der Waals surface area contributed by atoms with Gasteiger partial charge in [0, 0.05) is 17.8 Å². The Labute approximate surface area is 109 Å². The normalized spacial score (nSPS) is 26.1. The Morgan fingerprint density at radius 3 is 2.71 bits per heavy atom. The molecule has 0 amide bonds. The van der Waals surface area contributed by atoms with E-state index < -0.39 is 0 Å². The maximum Gasteiger partial charge on any atom is 0.205 e. The van der Waals surface area contributed by atoms with Crippen LogP contribution in [0.5, 0.6) is 0 Å². The number of hydrogen-bond acceptors (Lipinski definition) is 3. The smallest absolute Gasteiger partial charge is 0.205 e. The van der Waals surface area contributed by atoms with Gasteiger partial charge < -0.3 is 5.32 Å². The molecule has 2 atom stereocenters. The lowest BCUT2D eigenvalue weighted by Crippen LogP contribution is -2.51. The highest BCUT2D eigenvalue weighted by molar-refractivity contribution is 7.99. The molecule has 0 aromatic heterocycles. The third-order valence-electron chi connectivity index (χ3n) is 3.08. The van der Waals surface area contributed by atoms with Crippen molar-refractivity contribution < 1.29 is 0 Å². The highest BCUT2D eigenvalue weighted by Crippen LogP contribution is 2.26. The molecule has 4 nitrogen and oxygen atoms in total. The van der Waals surface area contributed by atoms with E-state index in [2.05, 4.69) is 35.8 Å². The van der Waals surface area contributed by atoms with E-state index in [1.54, 1.807) is 0 Å². The van der Waals surface area contributed by atoms with Crippen LogP contribution in [0.15, 0.2) is 4.99 Å². The van der Waals surface area contributed by atoms with Crippen LogP contribution in [0.4, 0.5) is 0 Å². The van der Waals surface area contributed by atoms with Crippen molar-refractivity contribution in [3.8, 4) is 0 Å². The van der Waals surface area contributed by atoms with Crippen LogP contribution >= 0.6 is 11.8 Å². The van der Waals surface area contributed by atoms with Crippen LogP contribution in [-0.2, 0) is 0 Å². The number of nitrogens with one attached hydrogen (secondary N) is 2. The van der Waals surface area contributed by atoms with Crippen molar-refractivity contribution in [2.75, 3.05) is 12.8 Å². The number of nitrogens with zero attached hydrogens (tertiary/aromatic N) is 1. The number of hydrogen-bond donors (Lipinski definition) is 3. The molecular formula is C12H26N4S. The van der Waals surface area contributed by atoms with Crippen LogP contribution in [0.3, 0.4) is 0 Å². The fraction of sp³-hybridized carbons (Fsp3) is 0.917. The van der Waals surface area contributed by atoms with Crippen molar-refractivity contribution in [2.24, 2.45) is 16.8 Å². The summed E-state index contributed by atoms with van der Waals surface area (Å²) in [6.07, 6.45) is 7.34. The highest BCUT2D eigenvalue weighted by Gasteiger charge is 2.24. The number of guanidine groups is 1. The monoisotopic (exact) mass is 258 g/mol. The Bertz CT molecular complexity index is 243. The van der Waals surface area contributed by atoms with Gasteiger partial charge in [-0.1, -0.05) is 26.7 Å². The van der Waals surface area contributed by atoms with Crippen LogP contribution in [0.2, 0.25) is 0 Å². The van der Waals surface area contributed by atoms with E-state index in [9.17, 15) is 0 Å². The zero-order chi connectivity index (χ0) is 12.7. The molecule has 1 fully saturated rings. The van der Waals surface area contributed by atoms with E-state index in [4.69, 9.17) is 5.84 Å². The average molecular weight is 258 g/mol. The molecule has 17 heavy (non-hydrogen) atoms. The van der Waals surface area contributed by atoms with E-state index in [0.29, 0.717) is 17.2 Å². The van der Waals surface area contributed by atoms with Crippen LogP contribution in [0.1, 0.15) is 39.5 Å². The van der Waals surface area contributed by atoms with Crippen LogP contribution in [0.25, 0.3) is 0 Å². The first-order valence-electron chi connectivity index (χ1n) is 6.47. The first-order chi connectivity index (χ1) is 8.17. The molecule has 1 aliphatic rings. The molecule has 0 radical (unpaired) electrons. The Hall–Kier alpha value is -0.420. The van der Waals surface area contributed by atoms with E-state index in [1.807, 2.05) is 11.8 Å². The summed E-state index contributed by atoms with van der Waals surface area (Å²) >= 11 is 1.94. The summed E-state index contributed by atoms with van der Waals surface area (Å²) in [6.45, 7) is 5.12. The van der Waals surface area contributed by atoms with E-state index in [1.165, 1.54) is 25.7 Å². The average Bonchev–Trinajstić information content (AvgIpc) is 2.34. The van der Waals surface area contributed by atoms with E-state index in [0.717, 1.165) is 12.5 Å². The number of nitrogens with two attached hydrogens (primary N) is 1. The molecule has 0 heterocycles. The van der Waals surface area contributed by atoms with Crippen LogP contribution in [0, 0.1) is 5.92 Å². The lowest BCUT2D eigenvalue weighted by molar-refractivity contribution is 0.421. The fourth-order valence-corrected chi connectivity index (χ4v) is 3.06. The van der Waals surface area contributed by atoms with E-state index >= 15 is 0 Å². The lowest BCUT2D eigenvalue weighted by Gasteiger charge is -2.31. The molecule has 0 aromatic carbocycles. The number of aliphatic imine (C=N–C) groups is 1. The van der Waals surface area contributed by atoms with Gasteiger partial charge in [-0.25, -0.2) is 5.84 Å². The second-order valence-electron chi connectivity index (χ2n) is 5.04. The van der Waals surface area contributed by atoms with Gasteiger partial charge in [0.1, 0.15) is 0 Å². The Morgan fingerprint density at radius 2 is 2.12 bits per heavy atom. The molecule has 100 valence electrons. The minimum atomic E-state index is 0.501. The summed E-state index contributed by atoms with van der Waals surface area (Å²) in [5, 5.41) is 4.14. The van der Waals surface area contributed by atoms with Gasteiger partial charge in [-0.2, -0.15) is 11.8 Å². The zero-order valence-electron chi connectivity index (χ0n) is 11.2. The van der Waals surface area contributed by atoms with Gasteiger partial charge in [-0.15, -0.1) is 0 Å². The molecule has 0 saturated heterocycles. The number of rotatable bonds is 4. The van der Waals surface area contributed by atoms with Gasteiger partial charge in [0.15, 0.2) is 0 Å². The summed E-state index contributed by atoms with van der Waals surface area (Å²) in [4.78, 5) is 4.46. The van der Waals surface area contributed by atoms with Crippen molar-refractivity contribution in [1.82, 2.24) is 10.7 Å².